The molecule has 0 N–H and O–H groups in total. The lowest BCUT2D eigenvalue weighted by molar-refractivity contribution is 0.501. The first-order chi connectivity index (χ1) is 12.3. The number of rotatable bonds is 4. The van der Waals surface area contributed by atoms with Crippen LogP contribution in [-0.2, 0) is 0 Å². The second kappa shape index (κ2) is 8.41. The minimum absolute atomic E-state index is 0.396. The average molecular weight is 527 g/mol. The van der Waals surface area contributed by atoms with Crippen LogP contribution >= 0.6 is 57.7 Å². The van der Waals surface area contributed by atoms with Gasteiger partial charge >= 0.3 is 0 Å². The van der Waals surface area contributed by atoms with Crippen molar-refractivity contribution in [3.63, 3.8) is 0 Å². The van der Waals surface area contributed by atoms with Crippen molar-refractivity contribution in [2.45, 2.75) is 19.6 Å². The third kappa shape index (κ3) is 4.68. The summed E-state index contributed by atoms with van der Waals surface area (Å²) < 4.78 is 54.8. The molecule has 0 bridgehead atoms. The predicted molar refractivity (Wildman–Crippen MR) is 105 cm³/mol. The van der Waals surface area contributed by atoms with Crippen LogP contribution in [0, 0.1) is 26.8 Å². The number of benzene rings is 3. The lowest BCUT2D eigenvalue weighted by atomic mass is 10.3. The Morgan fingerprint density at radius 1 is 0.654 bits per heavy atom. The van der Waals surface area contributed by atoms with Crippen molar-refractivity contribution in [2.24, 2.45) is 0 Å². The van der Waals surface area contributed by atoms with E-state index in [1.807, 2.05) is 22.6 Å². The summed E-state index contributed by atoms with van der Waals surface area (Å²) in [6.45, 7) is 0. The molecule has 0 saturated heterocycles. The minimum Gasteiger partial charge on any atom is -0.204 e. The molecule has 134 valence electrons. The van der Waals surface area contributed by atoms with Gasteiger partial charge in [-0.3, -0.25) is 0 Å². The van der Waals surface area contributed by atoms with E-state index < -0.39 is 23.3 Å². The molecule has 0 atom stereocenters. The Morgan fingerprint density at radius 2 is 1.12 bits per heavy atom. The number of hydrogen-bond donors (Lipinski definition) is 0. The molecule has 0 aliphatic heterocycles. The summed E-state index contributed by atoms with van der Waals surface area (Å²) >= 11 is 9.98. The summed E-state index contributed by atoms with van der Waals surface area (Å²) in [6.07, 6.45) is 0. The monoisotopic (exact) mass is 526 g/mol. The van der Waals surface area contributed by atoms with Gasteiger partial charge in [-0.1, -0.05) is 35.1 Å². The standard InChI is InChI=1S/C18H8ClF4IS2/c19-9-1-3-10(4-2-9)25-17-7-13(22)14(23)8-18(17)26-16-6-12(21)11(20)5-15(16)24/h1-8H. The fourth-order valence-corrected chi connectivity index (χ4v) is 4.86. The van der Waals surface area contributed by atoms with Gasteiger partial charge in [-0.15, -0.1) is 0 Å². The molecule has 0 fully saturated rings. The highest BCUT2D eigenvalue weighted by Gasteiger charge is 2.16. The zero-order chi connectivity index (χ0) is 18.8. The molecule has 0 unspecified atom stereocenters. The molecule has 0 saturated carbocycles. The molecule has 3 rings (SSSR count). The molecule has 0 aliphatic carbocycles. The molecular formula is C18H8ClF4IS2. The van der Waals surface area contributed by atoms with Crippen LogP contribution in [0.3, 0.4) is 0 Å². The first-order valence-corrected chi connectivity index (χ1v) is 10.2. The Hall–Kier alpha value is -0.900. The van der Waals surface area contributed by atoms with Crippen molar-refractivity contribution in [3.05, 3.63) is 80.4 Å². The van der Waals surface area contributed by atoms with Crippen LogP contribution in [0.15, 0.2) is 68.1 Å². The van der Waals surface area contributed by atoms with Gasteiger partial charge in [0.1, 0.15) is 0 Å². The maximum atomic E-state index is 13.7. The average Bonchev–Trinajstić information content (AvgIpc) is 2.59. The largest absolute Gasteiger partial charge is 0.204 e. The highest BCUT2D eigenvalue weighted by atomic mass is 127. The zero-order valence-corrected chi connectivity index (χ0v) is 17.2. The van der Waals surface area contributed by atoms with Gasteiger partial charge < -0.3 is 0 Å². The molecular weight excluding hydrogens is 519 g/mol. The van der Waals surface area contributed by atoms with Crippen LogP contribution in [-0.4, -0.2) is 0 Å². The SMILES string of the molecule is Fc1cc(I)c(Sc2cc(F)c(F)cc2Sc2ccc(Cl)cc2)cc1F. The van der Waals surface area contributed by atoms with E-state index in [4.69, 9.17) is 11.6 Å². The summed E-state index contributed by atoms with van der Waals surface area (Å²) in [5, 5.41) is 0.561. The Bertz CT molecular complexity index is 964. The van der Waals surface area contributed by atoms with E-state index in [9.17, 15) is 17.6 Å². The highest BCUT2D eigenvalue weighted by Crippen LogP contribution is 2.41. The lowest BCUT2D eigenvalue weighted by Gasteiger charge is -2.11. The van der Waals surface area contributed by atoms with Crippen LogP contribution in [0.5, 0.6) is 0 Å². The van der Waals surface area contributed by atoms with Gasteiger partial charge in [0.25, 0.3) is 0 Å². The summed E-state index contributed by atoms with van der Waals surface area (Å²) in [5.74, 6) is -3.95. The van der Waals surface area contributed by atoms with E-state index in [-0.39, 0.29) is 0 Å². The van der Waals surface area contributed by atoms with Crippen molar-refractivity contribution in [1.29, 1.82) is 0 Å². The molecule has 8 heteroatoms. The van der Waals surface area contributed by atoms with E-state index in [2.05, 4.69) is 0 Å². The highest BCUT2D eigenvalue weighted by molar-refractivity contribution is 14.1. The molecule has 0 nitrogen and oxygen atoms in total. The van der Waals surface area contributed by atoms with E-state index >= 15 is 0 Å². The van der Waals surface area contributed by atoms with Crippen molar-refractivity contribution in [1.82, 2.24) is 0 Å². The molecule has 0 radical (unpaired) electrons. The van der Waals surface area contributed by atoms with Gasteiger partial charge in [0.2, 0.25) is 0 Å². The van der Waals surface area contributed by atoms with Gasteiger partial charge in [-0.2, -0.15) is 0 Å². The maximum Gasteiger partial charge on any atom is 0.160 e. The molecule has 0 heterocycles. The Kier molecular flexibility index (Phi) is 6.42. The summed E-state index contributed by atoms with van der Waals surface area (Å²) in [7, 11) is 0. The van der Waals surface area contributed by atoms with Crippen LogP contribution in [0.1, 0.15) is 0 Å². The number of halogens is 6. The third-order valence-corrected chi connectivity index (χ3v) is 7.04. The Balaban J connectivity index is 1.99. The second-order valence-electron chi connectivity index (χ2n) is 5.07. The second-order valence-corrected chi connectivity index (χ2v) is 8.87. The van der Waals surface area contributed by atoms with Gasteiger partial charge in [0.05, 0.1) is 0 Å². The first kappa shape index (κ1) is 19.9. The van der Waals surface area contributed by atoms with Crippen LogP contribution in [0.4, 0.5) is 17.6 Å². The fraction of sp³-hybridized carbons (Fsp3) is 0. The van der Waals surface area contributed by atoms with Crippen LogP contribution < -0.4 is 0 Å². The molecule has 26 heavy (non-hydrogen) atoms. The van der Waals surface area contributed by atoms with Gasteiger partial charge in [0.15, 0.2) is 23.3 Å². The molecule has 3 aromatic rings. The van der Waals surface area contributed by atoms with Crippen molar-refractivity contribution in [3.8, 4) is 0 Å². The van der Waals surface area contributed by atoms with E-state index in [1.165, 1.54) is 11.8 Å². The minimum atomic E-state index is -1.01. The van der Waals surface area contributed by atoms with Crippen molar-refractivity contribution >= 4 is 57.7 Å². The summed E-state index contributed by atoms with van der Waals surface area (Å²) in [5.41, 5.74) is 0. The van der Waals surface area contributed by atoms with Crippen LogP contribution in [0.25, 0.3) is 0 Å². The summed E-state index contributed by atoms with van der Waals surface area (Å²) in [4.78, 5) is 2.04. The quantitative estimate of drug-likeness (QED) is 0.193. The normalized spacial score (nSPS) is 11.0. The topological polar surface area (TPSA) is 0 Å². The van der Waals surface area contributed by atoms with Crippen molar-refractivity contribution < 1.29 is 17.6 Å². The molecule has 0 amide bonds. The van der Waals surface area contributed by atoms with E-state index in [0.29, 0.717) is 23.3 Å². The van der Waals surface area contributed by atoms with Crippen LogP contribution in [0.2, 0.25) is 5.02 Å². The smallest absolute Gasteiger partial charge is 0.160 e. The number of hydrogen-bond acceptors (Lipinski definition) is 2. The van der Waals surface area contributed by atoms with Gasteiger partial charge in [0, 0.05) is 28.2 Å². The van der Waals surface area contributed by atoms with E-state index in [1.54, 1.807) is 24.3 Å². The Morgan fingerprint density at radius 3 is 1.69 bits per heavy atom. The van der Waals surface area contributed by atoms with Crippen molar-refractivity contribution in [2.75, 3.05) is 0 Å². The molecule has 0 aliphatic rings. The molecule has 0 spiro atoms. The molecule has 0 aromatic heterocycles. The molecule has 3 aromatic carbocycles. The summed E-state index contributed by atoms with van der Waals surface area (Å²) in [6, 6.07) is 11.1. The van der Waals surface area contributed by atoms with E-state index in [0.717, 1.165) is 40.9 Å². The predicted octanol–water partition coefficient (Wildman–Crippen LogP) is 7.80. The fourth-order valence-electron chi connectivity index (χ4n) is 2.00. The third-order valence-electron chi connectivity index (χ3n) is 3.22. The lowest BCUT2D eigenvalue weighted by Crippen LogP contribution is -1.92. The Labute approximate surface area is 174 Å². The first-order valence-electron chi connectivity index (χ1n) is 7.08. The zero-order valence-electron chi connectivity index (χ0n) is 12.7. The van der Waals surface area contributed by atoms with Gasteiger partial charge in [-0.25, -0.2) is 17.6 Å². The maximum absolute atomic E-state index is 13.7. The van der Waals surface area contributed by atoms with Gasteiger partial charge in [-0.05, 0) is 71.1 Å².